The minimum Gasteiger partial charge on any atom is -0.358 e. The maximum atomic E-state index is 13.2. The van der Waals surface area contributed by atoms with Gasteiger partial charge in [0.2, 0.25) is 0 Å². The average molecular weight is 389 g/mol. The fourth-order valence-electron chi connectivity index (χ4n) is 2.97. The molecular weight excluding hydrogens is 366 g/mol. The van der Waals surface area contributed by atoms with E-state index in [1.54, 1.807) is 40.2 Å². The Hall–Kier alpha value is -3.73. The van der Waals surface area contributed by atoms with Gasteiger partial charge in [-0.3, -0.25) is 4.79 Å². The van der Waals surface area contributed by atoms with E-state index in [-0.39, 0.29) is 5.91 Å². The molecule has 0 bridgehead atoms. The topological polar surface area (TPSA) is 90.9 Å². The van der Waals surface area contributed by atoms with Gasteiger partial charge in [-0.25, -0.2) is 9.67 Å². The van der Waals surface area contributed by atoms with E-state index in [1.807, 2.05) is 44.0 Å². The van der Waals surface area contributed by atoms with Crippen LogP contribution in [-0.4, -0.2) is 57.5 Å². The van der Waals surface area contributed by atoms with Crippen LogP contribution in [0.25, 0.3) is 5.69 Å². The first kappa shape index (κ1) is 20.0. The van der Waals surface area contributed by atoms with Crippen LogP contribution in [0.4, 0.5) is 5.82 Å². The van der Waals surface area contributed by atoms with Gasteiger partial charge < -0.3 is 9.80 Å². The summed E-state index contributed by atoms with van der Waals surface area (Å²) in [5.41, 5.74) is 2.62. The van der Waals surface area contributed by atoms with Crippen molar-refractivity contribution in [2.75, 3.05) is 31.6 Å². The number of anilines is 1. The largest absolute Gasteiger partial charge is 0.358 e. The number of rotatable bonds is 7. The van der Waals surface area contributed by atoms with Gasteiger partial charge in [0.1, 0.15) is 5.82 Å². The monoisotopic (exact) mass is 389 g/mol. The summed E-state index contributed by atoms with van der Waals surface area (Å²) in [6, 6.07) is 12.9. The van der Waals surface area contributed by atoms with Crippen molar-refractivity contribution < 1.29 is 4.79 Å². The van der Waals surface area contributed by atoms with Crippen molar-refractivity contribution in [3.63, 3.8) is 0 Å². The lowest BCUT2D eigenvalue weighted by molar-refractivity contribution is 0.0768. The van der Waals surface area contributed by atoms with Crippen LogP contribution >= 0.6 is 0 Å². The molecule has 0 atom stereocenters. The third-order valence-electron chi connectivity index (χ3n) is 4.63. The van der Waals surface area contributed by atoms with Gasteiger partial charge in [-0.2, -0.15) is 5.26 Å². The molecule has 1 aromatic carbocycles. The molecule has 148 valence electrons. The van der Waals surface area contributed by atoms with Crippen molar-refractivity contribution in [2.24, 2.45) is 0 Å². The number of para-hydroxylation sites is 1. The van der Waals surface area contributed by atoms with E-state index in [0.29, 0.717) is 42.3 Å². The molecule has 29 heavy (non-hydrogen) atoms. The maximum absolute atomic E-state index is 13.2. The van der Waals surface area contributed by atoms with Gasteiger partial charge >= 0.3 is 0 Å². The van der Waals surface area contributed by atoms with E-state index >= 15 is 0 Å². The number of likely N-dealkylation sites (N-methyl/N-ethyl adjacent to an activating group) is 2. The molecule has 0 N–H and O–H groups in total. The Bertz CT molecular complexity index is 1040. The van der Waals surface area contributed by atoms with Crippen LogP contribution in [0.15, 0.2) is 48.8 Å². The lowest BCUT2D eigenvalue weighted by Gasteiger charge is -2.26. The summed E-state index contributed by atoms with van der Waals surface area (Å²) in [5.74, 6) is 0.634. The van der Waals surface area contributed by atoms with Gasteiger partial charge in [0.15, 0.2) is 0 Å². The molecule has 0 saturated heterocycles. The van der Waals surface area contributed by atoms with Gasteiger partial charge in [0.25, 0.3) is 5.91 Å². The van der Waals surface area contributed by atoms with Crippen LogP contribution < -0.4 is 4.90 Å². The lowest BCUT2D eigenvalue weighted by atomic mass is 10.1. The maximum Gasteiger partial charge on any atom is 0.256 e. The smallest absolute Gasteiger partial charge is 0.256 e. The fourth-order valence-corrected chi connectivity index (χ4v) is 2.97. The number of aryl methyl sites for hydroxylation is 1. The highest BCUT2D eigenvalue weighted by molar-refractivity contribution is 5.97. The molecule has 0 unspecified atom stereocenters. The molecule has 8 nitrogen and oxygen atoms in total. The molecule has 1 amide bonds. The number of hydrogen-bond acceptors (Lipinski definition) is 6. The zero-order chi connectivity index (χ0) is 20.8. The zero-order valence-electron chi connectivity index (χ0n) is 16.8. The number of hydrogen-bond donors (Lipinski definition) is 0. The van der Waals surface area contributed by atoms with Gasteiger partial charge in [-0.05, 0) is 38.1 Å². The van der Waals surface area contributed by atoms with Crippen molar-refractivity contribution in [2.45, 2.75) is 13.8 Å². The van der Waals surface area contributed by atoms with Crippen LogP contribution in [0, 0.1) is 18.3 Å². The number of aromatic nitrogens is 4. The quantitative estimate of drug-likeness (QED) is 0.616. The Morgan fingerprint density at radius 1 is 1.24 bits per heavy atom. The van der Waals surface area contributed by atoms with Crippen molar-refractivity contribution in [1.29, 1.82) is 5.26 Å². The summed E-state index contributed by atoms with van der Waals surface area (Å²) in [6.45, 7) is 5.50. The number of nitrogens with zero attached hydrogens (tertiary/aromatic N) is 7. The number of carbonyl (C=O) groups is 1. The van der Waals surface area contributed by atoms with Gasteiger partial charge in [0.05, 0.1) is 34.8 Å². The van der Waals surface area contributed by atoms with Crippen molar-refractivity contribution in [1.82, 2.24) is 24.9 Å². The third kappa shape index (κ3) is 4.58. The molecule has 0 fully saturated rings. The molecule has 0 aliphatic heterocycles. The van der Waals surface area contributed by atoms with E-state index in [0.717, 1.165) is 5.69 Å². The average Bonchev–Trinajstić information content (AvgIpc) is 3.20. The van der Waals surface area contributed by atoms with Gasteiger partial charge in [0, 0.05) is 32.9 Å². The Kier molecular flexibility index (Phi) is 6.19. The lowest BCUT2D eigenvalue weighted by Crippen LogP contribution is -2.38. The summed E-state index contributed by atoms with van der Waals surface area (Å²) in [6.07, 6.45) is 3.41. The highest BCUT2D eigenvalue weighted by Gasteiger charge is 2.19. The SMILES string of the molecule is CCN(CCN(C)c1cc(C#N)ccn1)C(=O)c1ccccc1-n1cc(C)nn1. The molecule has 8 heteroatoms. The molecule has 0 saturated carbocycles. The van der Waals surface area contributed by atoms with Crippen LogP contribution in [0.1, 0.15) is 28.5 Å². The van der Waals surface area contributed by atoms with Crippen molar-refractivity contribution >= 4 is 11.7 Å². The van der Waals surface area contributed by atoms with Gasteiger partial charge in [-0.15, -0.1) is 5.10 Å². The highest BCUT2D eigenvalue weighted by atomic mass is 16.2. The first-order valence-corrected chi connectivity index (χ1v) is 9.38. The van der Waals surface area contributed by atoms with Crippen LogP contribution in [0.2, 0.25) is 0 Å². The number of nitriles is 1. The third-order valence-corrected chi connectivity index (χ3v) is 4.63. The molecule has 0 radical (unpaired) electrons. The summed E-state index contributed by atoms with van der Waals surface area (Å²) in [5, 5.41) is 17.2. The molecule has 0 spiro atoms. The van der Waals surface area contributed by atoms with E-state index in [9.17, 15) is 4.79 Å². The molecule has 2 aromatic heterocycles. The van der Waals surface area contributed by atoms with E-state index in [1.165, 1.54) is 0 Å². The number of benzene rings is 1. The van der Waals surface area contributed by atoms with Gasteiger partial charge in [-0.1, -0.05) is 17.3 Å². The van der Waals surface area contributed by atoms with Crippen LogP contribution in [0.3, 0.4) is 0 Å². The minimum atomic E-state index is -0.0663. The van der Waals surface area contributed by atoms with Crippen molar-refractivity contribution in [3.05, 3.63) is 65.6 Å². The molecular formula is C21H23N7O. The number of carbonyl (C=O) groups excluding carboxylic acids is 1. The Morgan fingerprint density at radius 3 is 2.72 bits per heavy atom. The first-order valence-electron chi connectivity index (χ1n) is 9.38. The molecule has 0 aliphatic carbocycles. The summed E-state index contributed by atoms with van der Waals surface area (Å²) in [7, 11) is 1.90. The number of pyridine rings is 1. The van der Waals surface area contributed by atoms with E-state index < -0.39 is 0 Å². The van der Waals surface area contributed by atoms with E-state index in [4.69, 9.17) is 5.26 Å². The summed E-state index contributed by atoms with van der Waals surface area (Å²) < 4.78 is 1.62. The second kappa shape index (κ2) is 8.97. The Balaban J connectivity index is 1.75. The molecule has 3 aromatic rings. The van der Waals surface area contributed by atoms with Crippen LogP contribution in [0.5, 0.6) is 0 Å². The first-order chi connectivity index (χ1) is 14.0. The Morgan fingerprint density at radius 2 is 2.03 bits per heavy atom. The number of amides is 1. The zero-order valence-corrected chi connectivity index (χ0v) is 16.8. The molecule has 3 rings (SSSR count). The highest BCUT2D eigenvalue weighted by Crippen LogP contribution is 2.17. The standard InChI is InChI=1S/C21H23N7O/c1-4-27(12-11-26(3)20-13-17(14-22)9-10-23-20)21(29)18-7-5-6-8-19(18)28-15-16(2)24-25-28/h5-10,13,15H,4,11-12H2,1-3H3. The molecule has 2 heterocycles. The van der Waals surface area contributed by atoms with Crippen molar-refractivity contribution in [3.8, 4) is 11.8 Å². The predicted molar refractivity (Wildman–Crippen MR) is 110 cm³/mol. The van der Waals surface area contributed by atoms with Crippen LogP contribution in [-0.2, 0) is 0 Å². The fraction of sp³-hybridized carbons (Fsp3) is 0.286. The summed E-state index contributed by atoms with van der Waals surface area (Å²) >= 11 is 0. The van der Waals surface area contributed by atoms with E-state index in [2.05, 4.69) is 21.4 Å². The second-order valence-electron chi connectivity index (χ2n) is 6.64. The second-order valence-corrected chi connectivity index (χ2v) is 6.64. The molecule has 0 aliphatic rings. The minimum absolute atomic E-state index is 0.0663. The Labute approximate surface area is 170 Å². The normalized spacial score (nSPS) is 10.4. The summed E-state index contributed by atoms with van der Waals surface area (Å²) in [4.78, 5) is 21.2. The predicted octanol–water partition coefficient (Wildman–Crippen LogP) is 2.44.